The first-order valence-electron chi connectivity index (χ1n) is 11.7. The molecule has 0 amide bonds. The molecule has 3 nitrogen and oxygen atoms in total. The molecular weight excluding hydrogens is 348 g/mol. The van der Waals surface area contributed by atoms with Crippen LogP contribution in [0.15, 0.2) is 11.6 Å². The molecule has 1 heterocycles. The molecule has 1 saturated heterocycles. The Morgan fingerprint density at radius 1 is 0.929 bits per heavy atom. The predicted octanol–water partition coefficient (Wildman–Crippen LogP) is 4.92. The van der Waals surface area contributed by atoms with Crippen molar-refractivity contribution in [1.82, 2.24) is 0 Å². The number of hydrogen-bond donors (Lipinski definition) is 2. The van der Waals surface area contributed by atoms with E-state index in [4.69, 9.17) is 4.74 Å². The largest absolute Gasteiger partial charge is 0.393 e. The molecule has 28 heavy (non-hydrogen) atoms. The van der Waals surface area contributed by atoms with Crippen molar-refractivity contribution in [3.05, 3.63) is 11.6 Å². The summed E-state index contributed by atoms with van der Waals surface area (Å²) in [4.78, 5) is 0. The van der Waals surface area contributed by atoms with Gasteiger partial charge in [-0.25, -0.2) is 0 Å². The molecule has 0 bridgehead atoms. The maximum Gasteiger partial charge on any atom is 0.162 e. The van der Waals surface area contributed by atoms with Crippen LogP contribution in [0.2, 0.25) is 0 Å². The fourth-order valence-electron chi connectivity index (χ4n) is 9.72. The molecule has 3 saturated carbocycles. The third-order valence-electron chi connectivity index (χ3n) is 11.0. The summed E-state index contributed by atoms with van der Waals surface area (Å²) in [7, 11) is 0. The van der Waals surface area contributed by atoms with Gasteiger partial charge in [0.1, 0.15) is 0 Å². The highest BCUT2D eigenvalue weighted by Crippen LogP contribution is 2.73. The second kappa shape index (κ2) is 5.86. The first-order valence-corrected chi connectivity index (χ1v) is 11.7. The molecular formula is C25H40O3. The molecule has 0 aromatic carbocycles. The van der Waals surface area contributed by atoms with Crippen molar-refractivity contribution in [2.75, 3.05) is 6.61 Å². The van der Waals surface area contributed by atoms with Crippen LogP contribution in [0.3, 0.4) is 0 Å². The van der Waals surface area contributed by atoms with Crippen molar-refractivity contribution in [2.24, 2.45) is 45.3 Å². The van der Waals surface area contributed by atoms with Gasteiger partial charge in [0.25, 0.3) is 0 Å². The van der Waals surface area contributed by atoms with Gasteiger partial charge >= 0.3 is 0 Å². The van der Waals surface area contributed by atoms with Crippen molar-refractivity contribution in [3.63, 3.8) is 0 Å². The Balaban J connectivity index is 1.59. The fraction of sp³-hybridized carbons (Fsp3) is 0.920. The quantitative estimate of drug-likeness (QED) is 0.579. The van der Waals surface area contributed by atoms with Crippen molar-refractivity contribution in [2.45, 2.75) is 92.0 Å². The topological polar surface area (TPSA) is 49.7 Å². The molecule has 1 aliphatic heterocycles. The first kappa shape index (κ1) is 19.6. The summed E-state index contributed by atoms with van der Waals surface area (Å²) >= 11 is 0. The Kier molecular flexibility index (Phi) is 4.09. The van der Waals surface area contributed by atoms with Gasteiger partial charge in [0.2, 0.25) is 0 Å². The molecule has 3 heteroatoms. The number of hydrogen-bond acceptors (Lipinski definition) is 3. The highest BCUT2D eigenvalue weighted by Gasteiger charge is 2.69. The van der Waals surface area contributed by atoms with Crippen LogP contribution >= 0.6 is 0 Å². The van der Waals surface area contributed by atoms with Crippen LogP contribution in [0.1, 0.15) is 79.6 Å². The standard InChI is InChI=1S/C25H40O3/c1-22(2)10-6-11-23(3)16(22)9-12-24(4)17-8-7-15-14-28-21(27)20(15)25(17,5)19(26)13-18(23)24/h7,16-21,26-27H,6,8-14H2,1-5H3/t16?,17?,18?,19-,20+,21+,23-,24-,25+/m0/s1. The van der Waals surface area contributed by atoms with E-state index in [0.29, 0.717) is 29.3 Å². The fourth-order valence-corrected chi connectivity index (χ4v) is 9.72. The average Bonchev–Trinajstić information content (AvgIpc) is 2.99. The van der Waals surface area contributed by atoms with Crippen LogP contribution in [0, 0.1) is 45.3 Å². The Morgan fingerprint density at radius 3 is 2.39 bits per heavy atom. The number of allylic oxidation sites excluding steroid dienone is 1. The third-order valence-corrected chi connectivity index (χ3v) is 11.0. The second-order valence-electron chi connectivity index (χ2n) is 12.4. The van der Waals surface area contributed by atoms with Crippen molar-refractivity contribution >= 4 is 0 Å². The van der Waals surface area contributed by atoms with Crippen molar-refractivity contribution < 1.29 is 14.9 Å². The van der Waals surface area contributed by atoms with Gasteiger partial charge in [0.05, 0.1) is 12.7 Å². The van der Waals surface area contributed by atoms with Crippen LogP contribution in [0.4, 0.5) is 0 Å². The summed E-state index contributed by atoms with van der Waals surface area (Å²) in [6.07, 6.45) is 9.73. The van der Waals surface area contributed by atoms with E-state index >= 15 is 0 Å². The molecule has 0 spiro atoms. The number of rotatable bonds is 0. The lowest BCUT2D eigenvalue weighted by Gasteiger charge is -2.70. The zero-order valence-corrected chi connectivity index (χ0v) is 18.5. The Labute approximate surface area is 170 Å². The summed E-state index contributed by atoms with van der Waals surface area (Å²) in [5.41, 5.74) is 1.92. The number of ether oxygens (including phenoxy) is 1. The monoisotopic (exact) mass is 388 g/mol. The summed E-state index contributed by atoms with van der Waals surface area (Å²) in [5, 5.41) is 22.3. The zero-order chi connectivity index (χ0) is 20.1. The second-order valence-corrected chi connectivity index (χ2v) is 12.4. The molecule has 2 N–H and O–H groups in total. The molecule has 9 atom stereocenters. The molecule has 4 fully saturated rings. The van der Waals surface area contributed by atoms with Gasteiger partial charge < -0.3 is 14.9 Å². The van der Waals surface area contributed by atoms with E-state index in [1.807, 2.05) is 0 Å². The van der Waals surface area contributed by atoms with E-state index in [9.17, 15) is 10.2 Å². The van der Waals surface area contributed by atoms with E-state index in [-0.39, 0.29) is 22.9 Å². The smallest absolute Gasteiger partial charge is 0.162 e. The maximum absolute atomic E-state index is 11.6. The van der Waals surface area contributed by atoms with Gasteiger partial charge in [-0.1, -0.05) is 47.1 Å². The van der Waals surface area contributed by atoms with E-state index in [2.05, 4.69) is 40.7 Å². The molecule has 3 unspecified atom stereocenters. The minimum absolute atomic E-state index is 0.0349. The summed E-state index contributed by atoms with van der Waals surface area (Å²) in [5.74, 6) is 1.72. The van der Waals surface area contributed by atoms with Crippen molar-refractivity contribution in [1.29, 1.82) is 0 Å². The highest BCUT2D eigenvalue weighted by atomic mass is 16.6. The third kappa shape index (κ3) is 2.22. The van der Waals surface area contributed by atoms with E-state index in [0.717, 1.165) is 18.8 Å². The normalized spacial score (nSPS) is 57.5. The lowest BCUT2D eigenvalue weighted by atomic mass is 9.35. The molecule has 0 aromatic heterocycles. The van der Waals surface area contributed by atoms with Gasteiger partial charge in [0, 0.05) is 11.3 Å². The minimum Gasteiger partial charge on any atom is -0.393 e. The van der Waals surface area contributed by atoms with E-state index in [1.54, 1.807) is 0 Å². The summed E-state index contributed by atoms with van der Waals surface area (Å²) in [6, 6.07) is 0. The van der Waals surface area contributed by atoms with Crippen LogP contribution in [0.5, 0.6) is 0 Å². The highest BCUT2D eigenvalue weighted by molar-refractivity contribution is 5.27. The number of fused-ring (bicyclic) bond motifs is 7. The molecule has 4 aliphatic carbocycles. The average molecular weight is 389 g/mol. The molecule has 5 aliphatic rings. The molecule has 0 aromatic rings. The molecule has 0 radical (unpaired) electrons. The summed E-state index contributed by atoms with van der Waals surface area (Å²) in [6.45, 7) is 12.9. The Morgan fingerprint density at radius 2 is 1.64 bits per heavy atom. The minimum atomic E-state index is -0.755. The summed E-state index contributed by atoms with van der Waals surface area (Å²) < 4.78 is 5.64. The van der Waals surface area contributed by atoms with Gasteiger partial charge in [0.15, 0.2) is 6.29 Å². The maximum atomic E-state index is 11.6. The zero-order valence-electron chi connectivity index (χ0n) is 18.5. The van der Waals surface area contributed by atoms with Gasteiger partial charge in [-0.3, -0.25) is 0 Å². The molecule has 158 valence electrons. The lowest BCUT2D eigenvalue weighted by molar-refractivity contribution is -0.247. The molecule has 5 rings (SSSR count). The van der Waals surface area contributed by atoms with Crippen molar-refractivity contribution in [3.8, 4) is 0 Å². The Bertz CT molecular complexity index is 698. The van der Waals surface area contributed by atoms with Gasteiger partial charge in [-0.2, -0.15) is 0 Å². The predicted molar refractivity (Wildman–Crippen MR) is 110 cm³/mol. The van der Waals surface area contributed by atoms with Crippen LogP contribution < -0.4 is 0 Å². The lowest BCUT2D eigenvalue weighted by Crippen LogP contribution is -2.66. The number of aliphatic hydroxyl groups excluding tert-OH is 2. The van der Waals surface area contributed by atoms with E-state index in [1.165, 1.54) is 37.7 Å². The van der Waals surface area contributed by atoms with Crippen LogP contribution in [-0.4, -0.2) is 29.2 Å². The Hall–Kier alpha value is -0.380. The van der Waals surface area contributed by atoms with Gasteiger partial charge in [-0.05, 0) is 78.1 Å². The van der Waals surface area contributed by atoms with E-state index < -0.39 is 6.29 Å². The SMILES string of the molecule is CC1(C)CCC[C@@]2(C)C1CC[C@]1(C)C2C[C@H](O)[C@@]2(C)C1CC=C1CO[C@@H](O)[C@@H]12. The number of aliphatic hydroxyl groups is 2. The van der Waals surface area contributed by atoms with Crippen LogP contribution in [0.25, 0.3) is 0 Å². The first-order chi connectivity index (χ1) is 13.0. The van der Waals surface area contributed by atoms with Gasteiger partial charge in [-0.15, -0.1) is 0 Å². The van der Waals surface area contributed by atoms with Crippen LogP contribution in [-0.2, 0) is 4.74 Å².